The molecule has 9 heteroatoms. The second-order valence-corrected chi connectivity index (χ2v) is 8.84. The minimum atomic E-state index is -0.105. The average molecular weight is 492 g/mol. The molecule has 0 aliphatic rings. The van der Waals surface area contributed by atoms with Gasteiger partial charge in [0.05, 0.1) is 31.1 Å². The van der Waals surface area contributed by atoms with Crippen molar-refractivity contribution in [2.24, 2.45) is 0 Å². The fraction of sp³-hybridized carbons (Fsp3) is 0.200. The third-order valence-corrected chi connectivity index (χ3v) is 6.25. The van der Waals surface area contributed by atoms with Gasteiger partial charge in [-0.2, -0.15) is 5.26 Å². The van der Waals surface area contributed by atoms with E-state index in [0.29, 0.717) is 35.4 Å². The number of furan rings is 1. The van der Waals surface area contributed by atoms with Gasteiger partial charge in [-0.1, -0.05) is 53.7 Å². The van der Waals surface area contributed by atoms with Crippen LogP contribution in [0, 0.1) is 11.3 Å². The number of hydrogen-bond donors (Lipinski definition) is 0. The molecular formula is C25H22ClN5O2S. The lowest BCUT2D eigenvalue weighted by Crippen LogP contribution is -2.32. The van der Waals surface area contributed by atoms with Gasteiger partial charge in [-0.3, -0.25) is 9.36 Å². The summed E-state index contributed by atoms with van der Waals surface area (Å²) >= 11 is 7.41. The number of hydrogen-bond acceptors (Lipinski definition) is 6. The van der Waals surface area contributed by atoms with Gasteiger partial charge in [0.15, 0.2) is 5.16 Å². The Labute approximate surface area is 207 Å². The molecule has 2 aromatic heterocycles. The number of amides is 1. The maximum absolute atomic E-state index is 13.0. The lowest BCUT2D eigenvalue weighted by Gasteiger charge is -2.20. The predicted molar refractivity (Wildman–Crippen MR) is 131 cm³/mol. The van der Waals surface area contributed by atoms with E-state index in [1.54, 1.807) is 17.2 Å². The maximum Gasteiger partial charge on any atom is 0.233 e. The number of thioether (sulfide) groups is 1. The van der Waals surface area contributed by atoms with Crippen LogP contribution >= 0.6 is 23.4 Å². The molecule has 2 aromatic carbocycles. The minimum absolute atomic E-state index is 0.105. The Balaban J connectivity index is 1.55. The first kappa shape index (κ1) is 23.6. The first-order valence-corrected chi connectivity index (χ1v) is 12.0. The molecule has 4 rings (SSSR count). The zero-order valence-electron chi connectivity index (χ0n) is 18.3. The molecule has 0 atom stereocenters. The highest BCUT2D eigenvalue weighted by Gasteiger charge is 2.20. The Morgan fingerprint density at radius 1 is 1.09 bits per heavy atom. The Morgan fingerprint density at radius 2 is 1.88 bits per heavy atom. The molecule has 0 saturated heterocycles. The molecule has 0 aliphatic carbocycles. The van der Waals surface area contributed by atoms with E-state index in [0.717, 1.165) is 17.1 Å². The fourth-order valence-corrected chi connectivity index (χ4v) is 4.42. The molecule has 2 heterocycles. The number of halogens is 1. The third-order valence-electron chi connectivity index (χ3n) is 5.09. The zero-order valence-corrected chi connectivity index (χ0v) is 19.9. The maximum atomic E-state index is 13.0. The van der Waals surface area contributed by atoms with Gasteiger partial charge in [-0.05, 0) is 42.0 Å². The van der Waals surface area contributed by atoms with Gasteiger partial charge in [0.2, 0.25) is 5.91 Å². The summed E-state index contributed by atoms with van der Waals surface area (Å²) in [6.45, 7) is 0.650. The van der Waals surface area contributed by atoms with Gasteiger partial charge in [-0.15, -0.1) is 10.2 Å². The van der Waals surface area contributed by atoms with Crippen LogP contribution in [0.4, 0.5) is 0 Å². The molecule has 0 bridgehead atoms. The first-order chi connectivity index (χ1) is 16.6. The van der Waals surface area contributed by atoms with E-state index in [9.17, 15) is 4.79 Å². The summed E-state index contributed by atoms with van der Waals surface area (Å²) in [6.07, 6.45) is 2.41. The Kier molecular flexibility index (Phi) is 8.02. The highest BCUT2D eigenvalue weighted by molar-refractivity contribution is 7.99. The van der Waals surface area contributed by atoms with Crippen molar-refractivity contribution < 1.29 is 9.21 Å². The Bertz CT molecular complexity index is 1250. The van der Waals surface area contributed by atoms with E-state index in [2.05, 4.69) is 16.3 Å². The van der Waals surface area contributed by atoms with Crippen LogP contribution < -0.4 is 0 Å². The standard InChI is InChI=1S/C25H22ClN5O2S/c26-20-9-11-21(12-10-20)31-23(16-19-6-2-1-3-7-19)28-29-25(31)34-18-24(32)30(14-5-13-27)17-22-8-4-15-33-22/h1-4,6-12,15H,5,14,16-18H2. The van der Waals surface area contributed by atoms with E-state index >= 15 is 0 Å². The summed E-state index contributed by atoms with van der Waals surface area (Å²) in [5.74, 6) is 1.49. The summed E-state index contributed by atoms with van der Waals surface area (Å²) in [5.41, 5.74) is 1.98. The largest absolute Gasteiger partial charge is 0.467 e. The quantitative estimate of drug-likeness (QED) is 0.285. The molecule has 0 fully saturated rings. The van der Waals surface area contributed by atoms with Crippen LogP contribution in [0.25, 0.3) is 5.69 Å². The van der Waals surface area contributed by atoms with Gasteiger partial charge in [0, 0.05) is 23.7 Å². The number of aromatic nitrogens is 3. The number of nitrogens with zero attached hydrogens (tertiary/aromatic N) is 5. The monoisotopic (exact) mass is 491 g/mol. The topological polar surface area (TPSA) is 87.9 Å². The molecule has 0 unspecified atom stereocenters. The predicted octanol–water partition coefficient (Wildman–Crippen LogP) is 5.14. The number of benzene rings is 2. The highest BCUT2D eigenvalue weighted by atomic mass is 35.5. The Morgan fingerprint density at radius 3 is 2.59 bits per heavy atom. The molecule has 0 aliphatic heterocycles. The van der Waals surface area contributed by atoms with Crippen molar-refractivity contribution in [2.45, 2.75) is 24.5 Å². The molecule has 0 spiro atoms. The van der Waals surface area contributed by atoms with E-state index in [1.807, 2.05) is 65.2 Å². The second kappa shape index (κ2) is 11.5. The third kappa shape index (κ3) is 6.07. The number of nitriles is 1. The van der Waals surface area contributed by atoms with Crippen molar-refractivity contribution in [1.29, 1.82) is 5.26 Å². The van der Waals surface area contributed by atoms with E-state index in [1.165, 1.54) is 11.8 Å². The molecule has 0 N–H and O–H groups in total. The highest BCUT2D eigenvalue weighted by Crippen LogP contribution is 2.25. The molecule has 172 valence electrons. The van der Waals surface area contributed by atoms with Gasteiger partial charge < -0.3 is 9.32 Å². The van der Waals surface area contributed by atoms with Crippen LogP contribution in [0.1, 0.15) is 23.6 Å². The number of carbonyl (C=O) groups is 1. The molecular weight excluding hydrogens is 470 g/mol. The summed E-state index contributed by atoms with van der Waals surface area (Å²) in [6, 6.07) is 23.2. The fourth-order valence-electron chi connectivity index (χ4n) is 3.42. The van der Waals surface area contributed by atoms with Crippen molar-refractivity contribution in [3.05, 3.63) is 95.2 Å². The lowest BCUT2D eigenvalue weighted by molar-refractivity contribution is -0.129. The van der Waals surface area contributed by atoms with Crippen LogP contribution in [-0.4, -0.2) is 37.9 Å². The molecule has 34 heavy (non-hydrogen) atoms. The summed E-state index contributed by atoms with van der Waals surface area (Å²) in [4.78, 5) is 14.6. The van der Waals surface area contributed by atoms with Gasteiger partial charge in [-0.25, -0.2) is 0 Å². The molecule has 7 nitrogen and oxygen atoms in total. The molecule has 1 amide bonds. The smallest absolute Gasteiger partial charge is 0.233 e. The van der Waals surface area contributed by atoms with Crippen molar-refractivity contribution in [3.63, 3.8) is 0 Å². The van der Waals surface area contributed by atoms with Crippen LogP contribution in [0.5, 0.6) is 0 Å². The molecule has 0 radical (unpaired) electrons. The van der Waals surface area contributed by atoms with Gasteiger partial charge in [0.1, 0.15) is 11.6 Å². The van der Waals surface area contributed by atoms with Crippen molar-refractivity contribution in [2.75, 3.05) is 12.3 Å². The second-order valence-electron chi connectivity index (χ2n) is 7.46. The van der Waals surface area contributed by atoms with E-state index in [4.69, 9.17) is 21.3 Å². The summed E-state index contributed by atoms with van der Waals surface area (Å²) < 4.78 is 7.33. The van der Waals surface area contributed by atoms with Crippen LogP contribution in [0.15, 0.2) is 82.6 Å². The molecule has 0 saturated carbocycles. The summed E-state index contributed by atoms with van der Waals surface area (Å²) in [5, 5.41) is 19.0. The van der Waals surface area contributed by atoms with Crippen LogP contribution in [-0.2, 0) is 17.8 Å². The minimum Gasteiger partial charge on any atom is -0.467 e. The Hall–Kier alpha value is -3.54. The number of carbonyl (C=O) groups excluding carboxylic acids is 1. The molecule has 4 aromatic rings. The number of rotatable bonds is 10. The van der Waals surface area contributed by atoms with E-state index < -0.39 is 0 Å². The van der Waals surface area contributed by atoms with Crippen molar-refractivity contribution >= 4 is 29.3 Å². The normalized spacial score (nSPS) is 10.7. The average Bonchev–Trinajstić information content (AvgIpc) is 3.51. The SMILES string of the molecule is N#CCCN(Cc1ccco1)C(=O)CSc1nnc(Cc2ccccc2)n1-c1ccc(Cl)cc1. The summed E-state index contributed by atoms with van der Waals surface area (Å²) in [7, 11) is 0. The van der Waals surface area contributed by atoms with Crippen LogP contribution in [0.2, 0.25) is 5.02 Å². The first-order valence-electron chi connectivity index (χ1n) is 10.7. The lowest BCUT2D eigenvalue weighted by atomic mass is 10.1. The van der Waals surface area contributed by atoms with Gasteiger partial charge in [0.25, 0.3) is 0 Å². The van der Waals surface area contributed by atoms with Crippen LogP contribution in [0.3, 0.4) is 0 Å². The van der Waals surface area contributed by atoms with Gasteiger partial charge >= 0.3 is 0 Å². The van der Waals surface area contributed by atoms with Crippen molar-refractivity contribution in [1.82, 2.24) is 19.7 Å². The van der Waals surface area contributed by atoms with E-state index in [-0.39, 0.29) is 18.1 Å². The van der Waals surface area contributed by atoms with Crippen molar-refractivity contribution in [3.8, 4) is 11.8 Å². The zero-order chi connectivity index (χ0) is 23.8.